The summed E-state index contributed by atoms with van der Waals surface area (Å²) < 4.78 is 6.92. The Kier molecular flexibility index (Phi) is 4.52. The van der Waals surface area contributed by atoms with Crippen LogP contribution in [-0.4, -0.2) is 38.7 Å². The molecule has 1 aliphatic carbocycles. The van der Waals surface area contributed by atoms with Gasteiger partial charge in [0.25, 0.3) is 0 Å². The van der Waals surface area contributed by atoms with E-state index >= 15 is 0 Å². The number of methoxy groups -OCH3 is 1. The smallest absolute Gasteiger partial charge is 0.339 e. The quantitative estimate of drug-likeness (QED) is 0.580. The van der Waals surface area contributed by atoms with Crippen molar-refractivity contribution in [3.8, 4) is 5.75 Å². The van der Waals surface area contributed by atoms with Crippen molar-refractivity contribution in [3.63, 3.8) is 0 Å². The third-order valence-corrected chi connectivity index (χ3v) is 4.69. The summed E-state index contributed by atoms with van der Waals surface area (Å²) in [7, 11) is 1.48. The number of halogens is 1. The highest BCUT2D eigenvalue weighted by Gasteiger charge is 2.30. The van der Waals surface area contributed by atoms with Gasteiger partial charge in [0, 0.05) is 24.4 Å². The van der Waals surface area contributed by atoms with Crippen LogP contribution < -0.4 is 15.4 Å². The number of carboxylic acids is 1. The normalized spacial score (nSPS) is 13.4. The number of aromatic carboxylic acids is 1. The Labute approximate surface area is 164 Å². The molecule has 3 aromatic rings. The zero-order valence-corrected chi connectivity index (χ0v) is 15.5. The third kappa shape index (κ3) is 3.31. The summed E-state index contributed by atoms with van der Waals surface area (Å²) >= 11 is 6.19. The molecule has 144 valence electrons. The van der Waals surface area contributed by atoms with Crippen LogP contribution in [0.3, 0.4) is 0 Å². The van der Waals surface area contributed by atoms with Gasteiger partial charge in [0.1, 0.15) is 16.9 Å². The topological polar surface area (TPSA) is 118 Å². The molecule has 0 aliphatic heterocycles. The summed E-state index contributed by atoms with van der Waals surface area (Å²) in [6, 6.07) is 3.12. The van der Waals surface area contributed by atoms with Gasteiger partial charge in [0.15, 0.2) is 5.75 Å². The summed E-state index contributed by atoms with van der Waals surface area (Å²) in [5.74, 6) is -0.603. The number of carboxylic acid groups (broad SMARTS) is 1. The molecule has 0 bridgehead atoms. The fourth-order valence-electron chi connectivity index (χ4n) is 2.83. The van der Waals surface area contributed by atoms with E-state index in [1.165, 1.54) is 25.6 Å². The average Bonchev–Trinajstić information content (AvgIpc) is 3.44. The highest BCUT2D eigenvalue weighted by atomic mass is 35.5. The van der Waals surface area contributed by atoms with Crippen LogP contribution in [0.1, 0.15) is 23.2 Å². The Morgan fingerprint density at radius 1 is 1.32 bits per heavy atom. The summed E-state index contributed by atoms with van der Waals surface area (Å²) in [4.78, 5) is 27.6. The molecule has 1 saturated carbocycles. The second-order valence-corrected chi connectivity index (χ2v) is 6.76. The number of hydrogen-bond acceptors (Lipinski definition) is 6. The van der Waals surface area contributed by atoms with Crippen LogP contribution in [-0.2, 0) is 4.79 Å². The number of anilines is 3. The number of aromatic nitrogens is 3. The zero-order chi connectivity index (χ0) is 19.8. The number of carbonyl (C=O) groups excluding carboxylic acids is 1. The molecule has 0 saturated heterocycles. The van der Waals surface area contributed by atoms with Crippen molar-refractivity contribution < 1.29 is 19.4 Å². The largest absolute Gasteiger partial charge is 0.493 e. The number of rotatable bonds is 6. The Hall–Kier alpha value is -3.33. The van der Waals surface area contributed by atoms with Gasteiger partial charge in [-0.3, -0.25) is 4.79 Å². The van der Waals surface area contributed by atoms with Crippen molar-refractivity contribution in [1.29, 1.82) is 0 Å². The van der Waals surface area contributed by atoms with E-state index in [0.717, 1.165) is 12.8 Å². The number of nitrogens with zero attached hydrogens (tertiary/aromatic N) is 3. The van der Waals surface area contributed by atoms with Gasteiger partial charge in [-0.2, -0.15) is 5.10 Å². The standard InChI is InChI=1S/C18H16ClN5O4/c1-28-16-11(19)4-5-24-15(16)13(8-21-24)22-12-6-14(20-7-10(12)18(26)27)23-17(25)9-2-3-9/h4-9H,2-3H2,1H3,(H,26,27)(H2,20,22,23,25). The van der Waals surface area contributed by atoms with Crippen molar-refractivity contribution in [2.45, 2.75) is 12.8 Å². The molecule has 9 nitrogen and oxygen atoms in total. The second kappa shape index (κ2) is 7.01. The van der Waals surface area contributed by atoms with Gasteiger partial charge in [-0.05, 0) is 18.9 Å². The lowest BCUT2D eigenvalue weighted by Gasteiger charge is -2.12. The van der Waals surface area contributed by atoms with E-state index < -0.39 is 5.97 Å². The molecule has 0 aromatic carbocycles. The number of ether oxygens (including phenoxy) is 1. The van der Waals surface area contributed by atoms with Gasteiger partial charge in [-0.1, -0.05) is 11.6 Å². The Bertz CT molecular complexity index is 1090. The molecule has 3 N–H and O–H groups in total. The molecule has 4 rings (SSSR count). The summed E-state index contributed by atoms with van der Waals surface area (Å²) in [6.45, 7) is 0. The molecule has 1 fully saturated rings. The molecule has 1 aliphatic rings. The highest BCUT2D eigenvalue weighted by molar-refractivity contribution is 6.32. The van der Waals surface area contributed by atoms with E-state index in [4.69, 9.17) is 16.3 Å². The lowest BCUT2D eigenvalue weighted by molar-refractivity contribution is -0.117. The SMILES string of the molecule is COc1c(Cl)ccn2ncc(Nc3cc(NC(=O)C4CC4)ncc3C(=O)O)c12. The maximum atomic E-state index is 12.0. The number of hydrogen-bond donors (Lipinski definition) is 3. The molecular formula is C18H16ClN5O4. The van der Waals surface area contributed by atoms with Gasteiger partial charge >= 0.3 is 5.97 Å². The minimum Gasteiger partial charge on any atom is -0.493 e. The molecular weight excluding hydrogens is 386 g/mol. The first-order chi connectivity index (χ1) is 13.5. The monoisotopic (exact) mass is 401 g/mol. The maximum Gasteiger partial charge on any atom is 0.339 e. The Balaban J connectivity index is 1.74. The van der Waals surface area contributed by atoms with E-state index in [-0.39, 0.29) is 28.9 Å². The molecule has 28 heavy (non-hydrogen) atoms. The van der Waals surface area contributed by atoms with Crippen molar-refractivity contribution in [2.24, 2.45) is 5.92 Å². The first kappa shape index (κ1) is 18.1. The third-order valence-electron chi connectivity index (χ3n) is 4.40. The molecule has 1 amide bonds. The van der Waals surface area contributed by atoms with Crippen LogP contribution in [0, 0.1) is 5.92 Å². The first-order valence-electron chi connectivity index (χ1n) is 8.49. The van der Waals surface area contributed by atoms with Crippen molar-refractivity contribution >= 4 is 46.2 Å². The number of pyridine rings is 2. The first-order valence-corrected chi connectivity index (χ1v) is 8.86. The van der Waals surface area contributed by atoms with E-state index in [0.29, 0.717) is 22.0 Å². The van der Waals surface area contributed by atoms with Crippen molar-refractivity contribution in [1.82, 2.24) is 14.6 Å². The van der Waals surface area contributed by atoms with E-state index in [9.17, 15) is 14.7 Å². The molecule has 0 spiro atoms. The predicted molar refractivity (Wildman–Crippen MR) is 103 cm³/mol. The van der Waals surface area contributed by atoms with Gasteiger partial charge in [0.2, 0.25) is 5.91 Å². The van der Waals surface area contributed by atoms with Crippen LogP contribution in [0.2, 0.25) is 5.02 Å². The summed E-state index contributed by atoms with van der Waals surface area (Å²) in [5.41, 5.74) is 1.24. The van der Waals surface area contributed by atoms with E-state index in [1.807, 2.05) is 0 Å². The predicted octanol–water partition coefficient (Wildman–Crippen LogP) is 3.18. The van der Waals surface area contributed by atoms with Gasteiger partial charge in [-0.15, -0.1) is 0 Å². The fourth-order valence-corrected chi connectivity index (χ4v) is 3.05. The molecule has 0 radical (unpaired) electrons. The minimum absolute atomic E-state index is 0.00313. The Morgan fingerprint density at radius 2 is 2.11 bits per heavy atom. The van der Waals surface area contributed by atoms with Crippen molar-refractivity contribution in [3.05, 3.63) is 41.3 Å². The van der Waals surface area contributed by atoms with E-state index in [1.54, 1.807) is 16.8 Å². The Morgan fingerprint density at radius 3 is 2.79 bits per heavy atom. The van der Waals surface area contributed by atoms with Crippen molar-refractivity contribution in [2.75, 3.05) is 17.7 Å². The number of carbonyl (C=O) groups is 2. The number of fused-ring (bicyclic) bond motifs is 1. The van der Waals surface area contributed by atoms with Crippen LogP contribution in [0.25, 0.3) is 5.52 Å². The molecule has 3 heterocycles. The molecule has 3 aromatic heterocycles. The molecule has 10 heteroatoms. The number of amides is 1. The average molecular weight is 402 g/mol. The zero-order valence-electron chi connectivity index (χ0n) is 14.8. The van der Waals surface area contributed by atoms with Crippen LogP contribution in [0.5, 0.6) is 5.75 Å². The fraction of sp³-hybridized carbons (Fsp3) is 0.222. The lowest BCUT2D eigenvalue weighted by atomic mass is 10.2. The lowest BCUT2D eigenvalue weighted by Crippen LogP contribution is -2.15. The van der Waals surface area contributed by atoms with E-state index in [2.05, 4.69) is 20.7 Å². The van der Waals surface area contributed by atoms with Gasteiger partial charge in [0.05, 0.1) is 29.7 Å². The summed E-state index contributed by atoms with van der Waals surface area (Å²) in [5, 5.41) is 19.9. The highest BCUT2D eigenvalue weighted by Crippen LogP contribution is 2.36. The summed E-state index contributed by atoms with van der Waals surface area (Å²) in [6.07, 6.45) is 6.10. The van der Waals surface area contributed by atoms with Gasteiger partial charge < -0.3 is 20.5 Å². The molecule has 0 unspecified atom stereocenters. The number of nitrogens with one attached hydrogen (secondary N) is 2. The maximum absolute atomic E-state index is 12.0. The second-order valence-electron chi connectivity index (χ2n) is 6.36. The van der Waals surface area contributed by atoms with Crippen LogP contribution >= 0.6 is 11.6 Å². The minimum atomic E-state index is -1.16. The van der Waals surface area contributed by atoms with Crippen LogP contribution in [0.15, 0.2) is 30.7 Å². The molecule has 0 atom stereocenters. The van der Waals surface area contributed by atoms with Crippen LogP contribution in [0.4, 0.5) is 17.2 Å². The van der Waals surface area contributed by atoms with Gasteiger partial charge in [-0.25, -0.2) is 14.3 Å².